The zero-order valence-electron chi connectivity index (χ0n) is 34.0. The number of aryl methyl sites for hydroxylation is 2. The van der Waals surface area contributed by atoms with E-state index in [1.165, 1.54) is 74.5 Å². The van der Waals surface area contributed by atoms with E-state index in [9.17, 15) is 15.3 Å². The molecule has 0 saturated heterocycles. The van der Waals surface area contributed by atoms with Crippen molar-refractivity contribution in [2.24, 2.45) is 57.2 Å². The first-order valence-corrected chi connectivity index (χ1v) is 19.7. The molecule has 288 valence electrons. The van der Waals surface area contributed by atoms with Gasteiger partial charge in [-0.05, 0) is 182 Å². The molecule has 8 atom stereocenters. The Labute approximate surface area is 327 Å². The Kier molecular flexibility index (Phi) is 15.0. The van der Waals surface area contributed by atoms with Gasteiger partial charge in [0, 0.05) is 34.3 Å². The summed E-state index contributed by atoms with van der Waals surface area (Å²) in [5.41, 5.74) is 6.43. The number of rotatable bonds is 7. The Morgan fingerprint density at radius 2 is 1.06 bits per heavy atom. The summed E-state index contributed by atoms with van der Waals surface area (Å²) < 4.78 is 5.49. The molecule has 0 radical (unpaired) electrons. The first-order valence-electron chi connectivity index (χ1n) is 19.7. The summed E-state index contributed by atoms with van der Waals surface area (Å²) in [6.07, 6.45) is 14.8. The van der Waals surface area contributed by atoms with Crippen molar-refractivity contribution in [3.05, 3.63) is 66.1 Å². The number of phenolic OH excluding ortho intramolecular Hbond substituents is 1. The van der Waals surface area contributed by atoms with Crippen LogP contribution < -0.4 is 4.74 Å². The summed E-state index contributed by atoms with van der Waals surface area (Å²) in [5, 5.41) is 30.1. The molecule has 51 heavy (non-hydrogen) atoms. The second kappa shape index (κ2) is 17.4. The van der Waals surface area contributed by atoms with Crippen LogP contribution in [0, 0.1) is 78.4 Å². The van der Waals surface area contributed by atoms with E-state index in [0.717, 1.165) is 42.4 Å². The van der Waals surface area contributed by atoms with E-state index < -0.39 is 0 Å². The summed E-state index contributed by atoms with van der Waals surface area (Å²) >= 11 is 0. The Bertz CT molecular complexity index is 1400. The van der Waals surface area contributed by atoms with Crippen LogP contribution in [0.5, 0.6) is 11.5 Å². The fourth-order valence-electron chi connectivity index (χ4n) is 12.7. The van der Waals surface area contributed by atoms with Gasteiger partial charge in [0.05, 0.1) is 7.11 Å². The normalized spacial score (nSPS) is 33.5. The Hall–Kier alpha value is -1.35. The molecule has 0 heterocycles. The first-order chi connectivity index (χ1) is 23.1. The van der Waals surface area contributed by atoms with E-state index in [2.05, 4.69) is 72.7 Å². The molecule has 2 aromatic rings. The molecule has 4 aliphatic carbocycles. The van der Waals surface area contributed by atoms with Crippen LogP contribution in [-0.4, -0.2) is 35.6 Å². The van der Waals surface area contributed by atoms with Crippen LogP contribution >= 0.6 is 0 Å². The molecule has 0 aromatic heterocycles. The molecule has 0 aliphatic heterocycles. The molecule has 2 aromatic carbocycles. The third-order valence-corrected chi connectivity index (χ3v) is 14.9. The number of aliphatic hydroxyl groups is 2. The van der Waals surface area contributed by atoms with Gasteiger partial charge in [-0.3, -0.25) is 0 Å². The van der Waals surface area contributed by atoms with Gasteiger partial charge in [0.25, 0.3) is 0 Å². The zero-order chi connectivity index (χ0) is 35.8. The number of aromatic hydroxyl groups is 1. The molecule has 4 saturated carbocycles. The van der Waals surface area contributed by atoms with Gasteiger partial charge in [-0.2, -0.15) is 0 Å². The molecule has 4 fully saturated rings. The average molecular weight is 874 g/mol. The summed E-state index contributed by atoms with van der Waals surface area (Å²) in [5.74, 6) is 4.72. The van der Waals surface area contributed by atoms with Crippen molar-refractivity contribution in [1.82, 2.24) is 0 Å². The predicted molar refractivity (Wildman–Crippen MR) is 209 cm³/mol. The standard InChI is InChI=1S/C23H36O2.C22H34O2.CH3.W/c1-16-11-17(13-19(12-16)25-5)14-20-18(15-24)7-8-21-22(2,3)9-6-10-23(20,21)4;1-15-10-16(12-18(24)11-15)13-19-17(14-23)6-7-20-21(2,3)8-5-9-22(19,20)4;;/h11-13,18,20-21,24H,6-10,14-15H2,1-5H3;10-12,17,19-20,23-24H,5-9,13-14H2,1-4H3;1H3;/q;;-1;/t18-,20+,21+,23-;17-,19+,20+,22-;;/m11../s1. The Balaban J connectivity index is 0.000000265. The largest absolute Gasteiger partial charge is 0.508 e. The number of phenols is 1. The van der Waals surface area contributed by atoms with Crippen molar-refractivity contribution in [3.8, 4) is 11.5 Å². The molecule has 0 amide bonds. The van der Waals surface area contributed by atoms with Crippen LogP contribution in [0.3, 0.4) is 0 Å². The third kappa shape index (κ3) is 9.31. The monoisotopic (exact) mass is 874 g/mol. The minimum Gasteiger partial charge on any atom is -0.508 e. The first kappa shape index (κ1) is 44.0. The maximum Gasteiger partial charge on any atom is 0.119 e. The summed E-state index contributed by atoms with van der Waals surface area (Å²) in [4.78, 5) is 0. The number of hydrogen-bond acceptors (Lipinski definition) is 4. The SMILES string of the molecule is COc1cc(C)cc(C[C@H]2[C@@H](CO)CC[C@H]3C(C)(C)CCC[C@]23C)c1.Cc1cc(O)cc(C[C@H]2[C@@H](CO)CC[C@H]3C(C)(C)CCC[C@]23C)c1.[CH3-].[W]. The van der Waals surface area contributed by atoms with Crippen molar-refractivity contribution in [3.63, 3.8) is 0 Å². The Morgan fingerprint density at radius 3 is 1.47 bits per heavy atom. The van der Waals surface area contributed by atoms with Gasteiger partial charge in [0.1, 0.15) is 11.5 Å². The summed E-state index contributed by atoms with van der Waals surface area (Å²) in [6, 6.07) is 12.5. The minimum atomic E-state index is 0. The van der Waals surface area contributed by atoms with Crippen LogP contribution in [-0.2, 0) is 33.9 Å². The zero-order valence-corrected chi connectivity index (χ0v) is 36.9. The van der Waals surface area contributed by atoms with Crippen molar-refractivity contribution in [2.75, 3.05) is 20.3 Å². The molecule has 0 spiro atoms. The fourth-order valence-corrected chi connectivity index (χ4v) is 12.7. The van der Waals surface area contributed by atoms with Crippen molar-refractivity contribution < 1.29 is 41.1 Å². The third-order valence-electron chi connectivity index (χ3n) is 14.9. The molecule has 0 unspecified atom stereocenters. The molecular weight excluding hydrogens is 800 g/mol. The van der Waals surface area contributed by atoms with Gasteiger partial charge in [0.15, 0.2) is 0 Å². The van der Waals surface area contributed by atoms with Crippen molar-refractivity contribution >= 4 is 0 Å². The van der Waals surface area contributed by atoms with Gasteiger partial charge in [-0.1, -0.05) is 66.5 Å². The fraction of sp³-hybridized carbons (Fsp3) is 0.717. The van der Waals surface area contributed by atoms with Crippen molar-refractivity contribution in [1.29, 1.82) is 0 Å². The van der Waals surface area contributed by atoms with Gasteiger partial charge < -0.3 is 27.5 Å². The summed E-state index contributed by atoms with van der Waals surface area (Å²) in [6.45, 7) is 19.7. The van der Waals surface area contributed by atoms with Gasteiger partial charge in [0.2, 0.25) is 0 Å². The van der Waals surface area contributed by atoms with E-state index in [1.54, 1.807) is 7.11 Å². The molecular formula is C46H73O4W-. The number of benzene rings is 2. The van der Waals surface area contributed by atoms with E-state index in [0.29, 0.717) is 64.3 Å². The quantitative estimate of drug-likeness (QED) is 0.243. The van der Waals surface area contributed by atoms with Crippen LogP contribution in [0.2, 0.25) is 0 Å². The van der Waals surface area contributed by atoms with E-state index in [1.807, 2.05) is 19.1 Å². The van der Waals surface area contributed by atoms with E-state index >= 15 is 0 Å². The van der Waals surface area contributed by atoms with E-state index in [-0.39, 0.29) is 28.5 Å². The van der Waals surface area contributed by atoms with Gasteiger partial charge >= 0.3 is 0 Å². The molecule has 4 nitrogen and oxygen atoms in total. The van der Waals surface area contributed by atoms with Crippen LogP contribution in [0.15, 0.2) is 36.4 Å². The Morgan fingerprint density at radius 1 is 0.627 bits per heavy atom. The van der Waals surface area contributed by atoms with Crippen LogP contribution in [0.4, 0.5) is 0 Å². The van der Waals surface area contributed by atoms with Gasteiger partial charge in [-0.25, -0.2) is 0 Å². The maximum absolute atomic E-state index is 10.1. The average Bonchev–Trinajstić information content (AvgIpc) is 3.01. The molecule has 4 aliphatic rings. The van der Waals surface area contributed by atoms with Crippen molar-refractivity contribution in [2.45, 2.75) is 132 Å². The topological polar surface area (TPSA) is 69.9 Å². The summed E-state index contributed by atoms with van der Waals surface area (Å²) in [7, 11) is 1.75. The smallest absolute Gasteiger partial charge is 0.119 e. The number of hydrogen-bond donors (Lipinski definition) is 3. The second-order valence-corrected chi connectivity index (χ2v) is 19.0. The minimum absolute atomic E-state index is 0. The predicted octanol–water partition coefficient (Wildman–Crippen LogP) is 10.9. The second-order valence-electron chi connectivity index (χ2n) is 19.0. The molecule has 3 N–H and O–H groups in total. The number of ether oxygens (including phenoxy) is 1. The molecule has 5 heteroatoms. The maximum atomic E-state index is 10.1. The number of methoxy groups -OCH3 is 1. The number of aliphatic hydroxyl groups excluding tert-OH is 2. The number of fused-ring (bicyclic) bond motifs is 2. The molecule has 6 rings (SSSR count). The van der Waals surface area contributed by atoms with Gasteiger partial charge in [-0.15, -0.1) is 0 Å². The van der Waals surface area contributed by atoms with Crippen LogP contribution in [0.25, 0.3) is 0 Å². The van der Waals surface area contributed by atoms with Crippen LogP contribution in [0.1, 0.15) is 128 Å². The molecule has 0 bridgehead atoms. The van der Waals surface area contributed by atoms with E-state index in [4.69, 9.17) is 4.74 Å².